The molecule has 18 heavy (non-hydrogen) atoms. The van der Waals surface area contributed by atoms with Gasteiger partial charge >= 0.3 is 0 Å². The highest BCUT2D eigenvalue weighted by molar-refractivity contribution is 6.42. The third kappa shape index (κ3) is 2.16. The Morgan fingerprint density at radius 2 is 1.78 bits per heavy atom. The Hall–Kier alpha value is -0.960. The summed E-state index contributed by atoms with van der Waals surface area (Å²) in [6.45, 7) is 5.84. The van der Waals surface area contributed by atoms with E-state index in [9.17, 15) is 0 Å². The first-order valence-electron chi connectivity index (χ1n) is 5.69. The second-order valence-corrected chi connectivity index (χ2v) is 5.16. The minimum atomic E-state index is -0.325. The first-order chi connectivity index (χ1) is 8.43. The number of nitrogens with two attached hydrogens (primary N) is 1. The predicted octanol–water partition coefficient (Wildman–Crippen LogP) is 4.56. The monoisotopic (exact) mass is 283 g/mol. The van der Waals surface area contributed by atoms with Gasteiger partial charge in [-0.3, -0.25) is 0 Å². The SMILES string of the molecule is Cc1oc(C)c(C(N)c2cccc(Cl)c2Cl)c1C. The zero-order valence-corrected chi connectivity index (χ0v) is 12.1. The molecule has 2 rings (SSSR count). The molecule has 0 aliphatic carbocycles. The van der Waals surface area contributed by atoms with Crippen molar-refractivity contribution < 1.29 is 4.42 Å². The van der Waals surface area contributed by atoms with Crippen LogP contribution in [0.2, 0.25) is 10.0 Å². The first kappa shape index (κ1) is 13.5. The van der Waals surface area contributed by atoms with E-state index in [0.717, 1.165) is 28.2 Å². The molecule has 2 aromatic rings. The molecule has 0 bridgehead atoms. The Labute approximate surface area is 117 Å². The smallest absolute Gasteiger partial charge is 0.106 e. The molecule has 2 nitrogen and oxygen atoms in total. The zero-order valence-electron chi connectivity index (χ0n) is 10.6. The molecule has 1 unspecified atom stereocenters. The Morgan fingerprint density at radius 3 is 2.33 bits per heavy atom. The van der Waals surface area contributed by atoms with E-state index in [-0.39, 0.29) is 6.04 Å². The van der Waals surface area contributed by atoms with Crippen molar-refractivity contribution in [2.75, 3.05) is 0 Å². The third-order valence-electron chi connectivity index (χ3n) is 3.25. The largest absolute Gasteiger partial charge is 0.466 e. The molecule has 0 radical (unpaired) electrons. The average Bonchev–Trinajstić information content (AvgIpc) is 2.56. The Morgan fingerprint density at radius 1 is 1.11 bits per heavy atom. The number of benzene rings is 1. The summed E-state index contributed by atoms with van der Waals surface area (Å²) < 4.78 is 5.60. The molecular weight excluding hydrogens is 269 g/mol. The summed E-state index contributed by atoms with van der Waals surface area (Å²) in [6, 6.07) is 5.16. The molecule has 96 valence electrons. The van der Waals surface area contributed by atoms with Crippen LogP contribution in [0.5, 0.6) is 0 Å². The van der Waals surface area contributed by atoms with E-state index in [1.54, 1.807) is 6.07 Å². The van der Waals surface area contributed by atoms with Crippen molar-refractivity contribution in [1.82, 2.24) is 0 Å². The minimum Gasteiger partial charge on any atom is -0.466 e. The van der Waals surface area contributed by atoms with E-state index < -0.39 is 0 Å². The summed E-state index contributed by atoms with van der Waals surface area (Å²) in [4.78, 5) is 0. The third-order valence-corrected chi connectivity index (χ3v) is 4.08. The van der Waals surface area contributed by atoms with E-state index in [4.69, 9.17) is 33.4 Å². The topological polar surface area (TPSA) is 39.2 Å². The van der Waals surface area contributed by atoms with Crippen molar-refractivity contribution in [3.63, 3.8) is 0 Å². The highest BCUT2D eigenvalue weighted by atomic mass is 35.5. The molecule has 0 saturated heterocycles. The van der Waals surface area contributed by atoms with Crippen molar-refractivity contribution in [2.45, 2.75) is 26.8 Å². The summed E-state index contributed by atoms with van der Waals surface area (Å²) in [5.74, 6) is 1.71. The van der Waals surface area contributed by atoms with Gasteiger partial charge in [0.25, 0.3) is 0 Å². The molecule has 0 aliphatic rings. The van der Waals surface area contributed by atoms with Crippen LogP contribution in [0.3, 0.4) is 0 Å². The molecule has 0 fully saturated rings. The van der Waals surface area contributed by atoms with Gasteiger partial charge in [0.1, 0.15) is 11.5 Å². The van der Waals surface area contributed by atoms with Gasteiger partial charge in [0.05, 0.1) is 16.1 Å². The van der Waals surface area contributed by atoms with Crippen LogP contribution in [0.1, 0.15) is 34.3 Å². The van der Waals surface area contributed by atoms with Gasteiger partial charge in [-0.15, -0.1) is 0 Å². The highest BCUT2D eigenvalue weighted by Crippen LogP contribution is 2.35. The van der Waals surface area contributed by atoms with Crippen molar-refractivity contribution in [2.24, 2.45) is 5.73 Å². The summed E-state index contributed by atoms with van der Waals surface area (Å²) in [6.07, 6.45) is 0. The Balaban J connectivity index is 2.54. The number of rotatable bonds is 2. The molecule has 1 atom stereocenters. The number of hydrogen-bond acceptors (Lipinski definition) is 2. The average molecular weight is 284 g/mol. The van der Waals surface area contributed by atoms with E-state index in [1.165, 1.54) is 0 Å². The molecule has 0 spiro atoms. The van der Waals surface area contributed by atoms with E-state index in [0.29, 0.717) is 10.0 Å². The fourth-order valence-corrected chi connectivity index (χ4v) is 2.61. The predicted molar refractivity (Wildman–Crippen MR) is 75.4 cm³/mol. The maximum Gasteiger partial charge on any atom is 0.106 e. The van der Waals surface area contributed by atoms with Crippen molar-refractivity contribution in [3.05, 3.63) is 56.5 Å². The maximum atomic E-state index is 6.30. The maximum absolute atomic E-state index is 6.30. The zero-order chi connectivity index (χ0) is 13.4. The number of furan rings is 1. The van der Waals surface area contributed by atoms with Gasteiger partial charge < -0.3 is 10.2 Å². The van der Waals surface area contributed by atoms with Crippen LogP contribution in [0.15, 0.2) is 22.6 Å². The molecule has 0 aliphatic heterocycles. The van der Waals surface area contributed by atoms with Crippen molar-refractivity contribution >= 4 is 23.2 Å². The van der Waals surface area contributed by atoms with Gasteiger partial charge in [0, 0.05) is 5.56 Å². The second-order valence-electron chi connectivity index (χ2n) is 4.37. The molecular formula is C14H15Cl2NO. The van der Waals surface area contributed by atoms with Crippen molar-refractivity contribution in [1.29, 1.82) is 0 Å². The normalized spacial score (nSPS) is 12.8. The fourth-order valence-electron chi connectivity index (χ4n) is 2.18. The van der Waals surface area contributed by atoms with Crippen LogP contribution >= 0.6 is 23.2 Å². The molecule has 2 N–H and O–H groups in total. The lowest BCUT2D eigenvalue weighted by atomic mass is 9.96. The lowest BCUT2D eigenvalue weighted by Crippen LogP contribution is -2.14. The van der Waals surface area contributed by atoms with Gasteiger partial charge in [-0.1, -0.05) is 35.3 Å². The summed E-state index contributed by atoms with van der Waals surface area (Å²) in [5.41, 5.74) is 9.16. The fraction of sp³-hybridized carbons (Fsp3) is 0.286. The minimum absolute atomic E-state index is 0.325. The van der Waals surface area contributed by atoms with Gasteiger partial charge in [-0.25, -0.2) is 0 Å². The standard InChI is InChI=1S/C14H15Cl2NO/c1-7-8(2)18-9(3)12(7)14(17)10-5-4-6-11(15)13(10)16/h4-6,14H,17H2,1-3H3. The molecule has 1 aromatic heterocycles. The summed E-state index contributed by atoms with van der Waals surface area (Å²) in [7, 11) is 0. The summed E-state index contributed by atoms with van der Waals surface area (Å²) >= 11 is 12.2. The second kappa shape index (κ2) is 4.96. The van der Waals surface area contributed by atoms with Crippen LogP contribution in [-0.2, 0) is 0 Å². The van der Waals surface area contributed by atoms with Crippen molar-refractivity contribution in [3.8, 4) is 0 Å². The Kier molecular flexibility index (Phi) is 3.71. The van der Waals surface area contributed by atoms with Crippen LogP contribution in [0.4, 0.5) is 0 Å². The van der Waals surface area contributed by atoms with Gasteiger partial charge in [-0.2, -0.15) is 0 Å². The number of aryl methyl sites for hydroxylation is 2. The van der Waals surface area contributed by atoms with Gasteiger partial charge in [0.2, 0.25) is 0 Å². The molecule has 0 amide bonds. The van der Waals surface area contributed by atoms with Crippen LogP contribution in [0, 0.1) is 20.8 Å². The first-order valence-corrected chi connectivity index (χ1v) is 6.45. The van der Waals surface area contributed by atoms with Crippen LogP contribution < -0.4 is 5.73 Å². The highest BCUT2D eigenvalue weighted by Gasteiger charge is 2.21. The number of halogens is 2. The van der Waals surface area contributed by atoms with E-state index in [2.05, 4.69) is 0 Å². The molecule has 0 saturated carbocycles. The quantitative estimate of drug-likeness (QED) is 0.878. The molecule has 1 aromatic carbocycles. The van der Waals surface area contributed by atoms with Crippen LogP contribution in [-0.4, -0.2) is 0 Å². The van der Waals surface area contributed by atoms with Gasteiger partial charge in [-0.05, 0) is 38.0 Å². The lowest BCUT2D eigenvalue weighted by Gasteiger charge is -2.15. The molecule has 1 heterocycles. The lowest BCUT2D eigenvalue weighted by molar-refractivity contribution is 0.498. The molecule has 4 heteroatoms. The van der Waals surface area contributed by atoms with E-state index in [1.807, 2.05) is 32.9 Å². The van der Waals surface area contributed by atoms with E-state index >= 15 is 0 Å². The Bertz CT molecular complexity index is 590. The summed E-state index contributed by atoms with van der Waals surface area (Å²) in [5, 5.41) is 1.02. The van der Waals surface area contributed by atoms with Crippen LogP contribution in [0.25, 0.3) is 0 Å². The number of hydrogen-bond donors (Lipinski definition) is 1. The van der Waals surface area contributed by atoms with Gasteiger partial charge in [0.15, 0.2) is 0 Å².